The van der Waals surface area contributed by atoms with Gasteiger partial charge in [-0.1, -0.05) is 0 Å². The molecule has 0 saturated heterocycles. The number of nitrogens with one attached hydrogen (secondary N) is 2. The van der Waals surface area contributed by atoms with Crippen LogP contribution in [0, 0.1) is 11.8 Å². The summed E-state index contributed by atoms with van der Waals surface area (Å²) < 4.78 is 25.6. The second-order valence-corrected chi connectivity index (χ2v) is 7.46. The fourth-order valence-electron chi connectivity index (χ4n) is 2.57. The fraction of sp³-hybridized carbons (Fsp3) is 0.571. The predicted molar refractivity (Wildman–Crippen MR) is 75.5 cm³/mol. The number of sulfonamides is 1. The van der Waals surface area contributed by atoms with E-state index < -0.39 is 10.0 Å². The van der Waals surface area contributed by atoms with Gasteiger partial charge in [0.25, 0.3) is 0 Å². The van der Waals surface area contributed by atoms with Gasteiger partial charge in [0, 0.05) is 11.7 Å². The summed E-state index contributed by atoms with van der Waals surface area (Å²) in [5.74, 6) is 1.65. The minimum Gasteiger partial charge on any atom is -0.382 e. The molecule has 19 heavy (non-hydrogen) atoms. The van der Waals surface area contributed by atoms with Crippen LogP contribution < -0.4 is 10.0 Å². The van der Waals surface area contributed by atoms with E-state index in [0.29, 0.717) is 10.9 Å². The zero-order valence-corrected chi connectivity index (χ0v) is 11.9. The first kappa shape index (κ1) is 12.9. The molecule has 0 bridgehead atoms. The third kappa shape index (κ3) is 2.92. The Labute approximate surface area is 114 Å². The highest BCUT2D eigenvalue weighted by molar-refractivity contribution is 7.89. The Morgan fingerprint density at radius 2 is 1.58 bits per heavy atom. The van der Waals surface area contributed by atoms with E-state index in [0.717, 1.165) is 17.5 Å². The van der Waals surface area contributed by atoms with Gasteiger partial charge in [0.15, 0.2) is 0 Å². The van der Waals surface area contributed by atoms with Crippen LogP contribution in [-0.4, -0.2) is 21.5 Å². The van der Waals surface area contributed by atoms with Crippen molar-refractivity contribution in [2.45, 2.75) is 36.6 Å². The zero-order valence-electron chi connectivity index (χ0n) is 11.1. The molecule has 0 aromatic heterocycles. The second-order valence-electron chi connectivity index (χ2n) is 5.58. The molecule has 0 aliphatic heterocycles. The molecule has 0 radical (unpaired) electrons. The summed E-state index contributed by atoms with van der Waals surface area (Å²) in [7, 11) is -1.90. The molecule has 3 rings (SSSR count). The van der Waals surface area contributed by atoms with Crippen molar-refractivity contribution < 1.29 is 8.42 Å². The zero-order chi connectivity index (χ0) is 13.5. The largest absolute Gasteiger partial charge is 0.382 e. The van der Waals surface area contributed by atoms with Gasteiger partial charge >= 0.3 is 0 Å². The summed E-state index contributed by atoms with van der Waals surface area (Å²) in [5.41, 5.74) is 1.03. The SMILES string of the molecule is CNS(=O)(=O)c1ccc(NC(C2CC2)C2CC2)cc1. The van der Waals surface area contributed by atoms with Crippen LogP contribution in [0.25, 0.3) is 0 Å². The maximum absolute atomic E-state index is 11.6. The van der Waals surface area contributed by atoms with Crippen molar-refractivity contribution in [1.82, 2.24) is 4.72 Å². The van der Waals surface area contributed by atoms with E-state index in [1.165, 1.54) is 32.7 Å². The molecule has 2 N–H and O–H groups in total. The smallest absolute Gasteiger partial charge is 0.240 e. The molecule has 0 amide bonds. The van der Waals surface area contributed by atoms with Crippen molar-refractivity contribution in [2.24, 2.45) is 11.8 Å². The van der Waals surface area contributed by atoms with Crippen molar-refractivity contribution >= 4 is 15.7 Å². The Balaban J connectivity index is 1.71. The van der Waals surface area contributed by atoms with Gasteiger partial charge in [0.05, 0.1) is 4.90 Å². The molecule has 2 fully saturated rings. The molecule has 104 valence electrons. The summed E-state index contributed by atoms with van der Waals surface area (Å²) in [6.07, 6.45) is 5.33. The summed E-state index contributed by atoms with van der Waals surface area (Å²) >= 11 is 0. The van der Waals surface area contributed by atoms with Gasteiger partial charge in [-0.2, -0.15) is 0 Å². The number of benzene rings is 1. The highest BCUT2D eigenvalue weighted by Gasteiger charge is 2.41. The molecule has 0 unspecified atom stereocenters. The first-order valence-corrected chi connectivity index (χ1v) is 8.38. The van der Waals surface area contributed by atoms with Crippen LogP contribution in [0.15, 0.2) is 29.2 Å². The minimum atomic E-state index is -3.33. The summed E-state index contributed by atoms with van der Waals surface area (Å²) in [5, 5.41) is 3.58. The Kier molecular flexibility index (Phi) is 3.27. The average Bonchev–Trinajstić information content (AvgIpc) is 3.30. The molecule has 1 aromatic rings. The van der Waals surface area contributed by atoms with E-state index in [4.69, 9.17) is 0 Å². The van der Waals surface area contributed by atoms with E-state index in [-0.39, 0.29) is 0 Å². The van der Waals surface area contributed by atoms with Gasteiger partial charge < -0.3 is 5.32 Å². The molecular weight excluding hydrogens is 260 g/mol. The van der Waals surface area contributed by atoms with Crippen molar-refractivity contribution in [1.29, 1.82) is 0 Å². The van der Waals surface area contributed by atoms with Crippen LogP contribution >= 0.6 is 0 Å². The third-order valence-corrected chi connectivity index (χ3v) is 5.46. The van der Waals surface area contributed by atoms with E-state index >= 15 is 0 Å². The molecule has 5 heteroatoms. The van der Waals surface area contributed by atoms with Gasteiger partial charge in [0.1, 0.15) is 0 Å². The monoisotopic (exact) mass is 280 g/mol. The van der Waals surface area contributed by atoms with Crippen LogP contribution in [0.5, 0.6) is 0 Å². The lowest BCUT2D eigenvalue weighted by atomic mass is 10.1. The molecule has 1 aromatic carbocycles. The lowest BCUT2D eigenvalue weighted by Crippen LogP contribution is -2.24. The van der Waals surface area contributed by atoms with Crippen LogP contribution in [0.4, 0.5) is 5.69 Å². The first-order chi connectivity index (χ1) is 9.10. The Morgan fingerprint density at radius 1 is 1.05 bits per heavy atom. The van der Waals surface area contributed by atoms with Gasteiger partial charge in [-0.05, 0) is 68.8 Å². The van der Waals surface area contributed by atoms with Crippen LogP contribution in [0.2, 0.25) is 0 Å². The van der Waals surface area contributed by atoms with Gasteiger partial charge in [0.2, 0.25) is 10.0 Å². The number of rotatable bonds is 6. The van der Waals surface area contributed by atoms with Crippen LogP contribution in [-0.2, 0) is 10.0 Å². The van der Waals surface area contributed by atoms with Gasteiger partial charge in [-0.3, -0.25) is 0 Å². The fourth-order valence-corrected chi connectivity index (χ4v) is 3.30. The highest BCUT2D eigenvalue weighted by Crippen LogP contribution is 2.45. The average molecular weight is 280 g/mol. The normalized spacial score (nSPS) is 19.7. The Morgan fingerprint density at radius 3 is 2.00 bits per heavy atom. The van der Waals surface area contributed by atoms with E-state index in [9.17, 15) is 8.42 Å². The Hall–Kier alpha value is -1.07. The third-order valence-electron chi connectivity index (χ3n) is 4.03. The molecule has 0 spiro atoms. The lowest BCUT2D eigenvalue weighted by molar-refractivity contribution is 0.567. The van der Waals surface area contributed by atoms with Crippen LogP contribution in [0.1, 0.15) is 25.7 Å². The van der Waals surface area contributed by atoms with Crippen molar-refractivity contribution in [3.8, 4) is 0 Å². The first-order valence-electron chi connectivity index (χ1n) is 6.90. The van der Waals surface area contributed by atoms with E-state index in [2.05, 4.69) is 10.0 Å². The standard InChI is InChI=1S/C14H20N2O2S/c1-15-19(17,18)13-8-6-12(7-9-13)16-14(10-2-3-10)11-4-5-11/h6-11,14-16H,2-5H2,1H3. The molecule has 2 saturated carbocycles. The topological polar surface area (TPSA) is 58.2 Å². The molecule has 0 atom stereocenters. The number of hydrogen-bond acceptors (Lipinski definition) is 3. The van der Waals surface area contributed by atoms with Crippen molar-refractivity contribution in [3.63, 3.8) is 0 Å². The summed E-state index contributed by atoms with van der Waals surface area (Å²) in [6.45, 7) is 0. The molecule has 2 aliphatic rings. The predicted octanol–water partition coefficient (Wildman–Crippen LogP) is 2.20. The molecule has 2 aliphatic carbocycles. The highest BCUT2D eigenvalue weighted by atomic mass is 32.2. The number of anilines is 1. The van der Waals surface area contributed by atoms with Gasteiger partial charge in [-0.15, -0.1) is 0 Å². The van der Waals surface area contributed by atoms with Crippen molar-refractivity contribution in [2.75, 3.05) is 12.4 Å². The Bertz CT molecular complexity index is 533. The number of hydrogen-bond donors (Lipinski definition) is 2. The van der Waals surface area contributed by atoms with E-state index in [1.54, 1.807) is 12.1 Å². The van der Waals surface area contributed by atoms with Crippen LogP contribution in [0.3, 0.4) is 0 Å². The molecule has 4 nitrogen and oxygen atoms in total. The maximum Gasteiger partial charge on any atom is 0.240 e. The van der Waals surface area contributed by atoms with E-state index in [1.807, 2.05) is 12.1 Å². The summed E-state index contributed by atoms with van der Waals surface area (Å²) in [4.78, 5) is 0.315. The second kappa shape index (κ2) is 4.80. The molecular formula is C14H20N2O2S. The maximum atomic E-state index is 11.6. The van der Waals surface area contributed by atoms with Gasteiger partial charge in [-0.25, -0.2) is 13.1 Å². The lowest BCUT2D eigenvalue weighted by Gasteiger charge is -2.19. The quantitative estimate of drug-likeness (QED) is 0.840. The summed E-state index contributed by atoms with van der Waals surface area (Å²) in [6, 6.07) is 7.63. The van der Waals surface area contributed by atoms with Crippen molar-refractivity contribution in [3.05, 3.63) is 24.3 Å². The minimum absolute atomic E-state index is 0.315. The molecule has 0 heterocycles.